The van der Waals surface area contributed by atoms with Crippen LogP contribution in [0.5, 0.6) is 0 Å². The quantitative estimate of drug-likeness (QED) is 0.801. The van der Waals surface area contributed by atoms with Gasteiger partial charge >= 0.3 is 0 Å². The minimum absolute atomic E-state index is 0.00612. The van der Waals surface area contributed by atoms with Crippen LogP contribution >= 0.6 is 23.1 Å². The predicted octanol–water partition coefficient (Wildman–Crippen LogP) is 2.18. The van der Waals surface area contributed by atoms with Crippen molar-refractivity contribution < 1.29 is 4.79 Å². The summed E-state index contributed by atoms with van der Waals surface area (Å²) in [4.78, 5) is 17.1. The molecule has 0 saturated heterocycles. The van der Waals surface area contributed by atoms with Crippen molar-refractivity contribution in [1.82, 2.24) is 10.3 Å². The molecule has 0 bridgehead atoms. The molecule has 0 spiro atoms. The van der Waals surface area contributed by atoms with Crippen molar-refractivity contribution in [2.45, 2.75) is 11.4 Å². The molecule has 0 saturated carbocycles. The fourth-order valence-electron chi connectivity index (χ4n) is 1.49. The number of carbonyl (C=O) groups excluding carboxylic acids is 1. The molecule has 0 radical (unpaired) electrons. The second kappa shape index (κ2) is 7.16. The number of nitrogen functional groups attached to an aromatic ring is 1. The van der Waals surface area contributed by atoms with Gasteiger partial charge in [-0.15, -0.1) is 11.3 Å². The van der Waals surface area contributed by atoms with Gasteiger partial charge in [-0.3, -0.25) is 4.79 Å². The van der Waals surface area contributed by atoms with Crippen LogP contribution in [0.15, 0.2) is 40.9 Å². The van der Waals surface area contributed by atoms with E-state index in [0.29, 0.717) is 23.0 Å². The van der Waals surface area contributed by atoms with Crippen LogP contribution in [0, 0.1) is 0 Å². The van der Waals surface area contributed by atoms with Crippen molar-refractivity contribution in [3.63, 3.8) is 0 Å². The minimum Gasteiger partial charge on any atom is -0.397 e. The molecule has 0 aliphatic heterocycles. The smallest absolute Gasteiger partial charge is 0.230 e. The number of pyridine rings is 1. The molecular weight excluding hydrogens is 278 g/mol. The molecule has 0 aliphatic rings. The Bertz CT molecular complexity index is 528. The third kappa shape index (κ3) is 4.57. The zero-order chi connectivity index (χ0) is 13.5. The number of thiophene rings is 1. The third-order valence-electron chi connectivity index (χ3n) is 2.41. The molecule has 2 aromatic heterocycles. The van der Waals surface area contributed by atoms with Crippen LogP contribution < -0.4 is 11.1 Å². The van der Waals surface area contributed by atoms with Crippen molar-refractivity contribution in [2.75, 3.05) is 18.0 Å². The molecule has 0 fully saturated rings. The van der Waals surface area contributed by atoms with Crippen LogP contribution in [0.25, 0.3) is 0 Å². The number of thioether (sulfide) groups is 1. The largest absolute Gasteiger partial charge is 0.397 e. The Morgan fingerprint density at radius 3 is 3.05 bits per heavy atom. The highest BCUT2D eigenvalue weighted by Gasteiger charge is 2.05. The molecule has 19 heavy (non-hydrogen) atoms. The standard InChI is InChI=1S/C13H15N3OS2/c14-11-4-1-6-16-13(11)19-9-12(17)15-7-5-10-3-2-8-18-10/h1-4,6,8H,5,7,9,14H2,(H,15,17). The molecule has 6 heteroatoms. The topological polar surface area (TPSA) is 68.0 Å². The number of hydrogen-bond donors (Lipinski definition) is 2. The third-order valence-corrected chi connectivity index (χ3v) is 4.37. The van der Waals surface area contributed by atoms with Gasteiger partial charge in [0.1, 0.15) is 5.03 Å². The summed E-state index contributed by atoms with van der Waals surface area (Å²) in [5.41, 5.74) is 6.37. The van der Waals surface area contributed by atoms with Crippen LogP contribution in [0.3, 0.4) is 0 Å². The number of rotatable bonds is 6. The predicted molar refractivity (Wildman–Crippen MR) is 80.4 cm³/mol. The Kier molecular flexibility index (Phi) is 5.23. The molecule has 0 aromatic carbocycles. The summed E-state index contributed by atoms with van der Waals surface area (Å²) in [5.74, 6) is 0.345. The van der Waals surface area contributed by atoms with Gasteiger partial charge in [0.15, 0.2) is 0 Å². The molecule has 2 aromatic rings. The number of hydrogen-bond acceptors (Lipinski definition) is 5. The van der Waals surface area contributed by atoms with Gasteiger partial charge in [0.2, 0.25) is 5.91 Å². The average Bonchev–Trinajstić information content (AvgIpc) is 2.91. The maximum atomic E-state index is 11.7. The van der Waals surface area contributed by atoms with Gasteiger partial charge in [0.25, 0.3) is 0 Å². The molecule has 0 aliphatic carbocycles. The Labute approximate surface area is 120 Å². The normalized spacial score (nSPS) is 10.3. The summed E-state index contributed by atoms with van der Waals surface area (Å²) in [6.07, 6.45) is 2.55. The molecule has 3 N–H and O–H groups in total. The molecule has 4 nitrogen and oxygen atoms in total. The maximum absolute atomic E-state index is 11.7. The van der Waals surface area contributed by atoms with Gasteiger partial charge in [-0.25, -0.2) is 4.98 Å². The van der Waals surface area contributed by atoms with Crippen LogP contribution in [-0.4, -0.2) is 23.2 Å². The van der Waals surface area contributed by atoms with Crippen LogP contribution in [0.4, 0.5) is 5.69 Å². The van der Waals surface area contributed by atoms with Gasteiger partial charge in [0.05, 0.1) is 11.4 Å². The maximum Gasteiger partial charge on any atom is 0.230 e. The van der Waals surface area contributed by atoms with E-state index in [1.54, 1.807) is 29.7 Å². The fraction of sp³-hybridized carbons (Fsp3) is 0.231. The van der Waals surface area contributed by atoms with E-state index in [1.165, 1.54) is 16.6 Å². The first-order valence-electron chi connectivity index (χ1n) is 5.88. The highest BCUT2D eigenvalue weighted by molar-refractivity contribution is 8.00. The van der Waals surface area contributed by atoms with E-state index in [4.69, 9.17) is 5.73 Å². The Morgan fingerprint density at radius 1 is 1.42 bits per heavy atom. The number of aromatic nitrogens is 1. The van der Waals surface area contributed by atoms with E-state index in [0.717, 1.165) is 6.42 Å². The average molecular weight is 293 g/mol. The summed E-state index contributed by atoms with van der Waals surface area (Å²) >= 11 is 3.06. The summed E-state index contributed by atoms with van der Waals surface area (Å²) in [6, 6.07) is 7.65. The first-order chi connectivity index (χ1) is 9.25. The van der Waals surface area contributed by atoms with Gasteiger partial charge in [-0.2, -0.15) is 0 Å². The van der Waals surface area contributed by atoms with Crippen LogP contribution in [0.2, 0.25) is 0 Å². The molecular formula is C13H15N3OS2. The van der Waals surface area contributed by atoms with Crippen molar-refractivity contribution in [1.29, 1.82) is 0 Å². The monoisotopic (exact) mass is 293 g/mol. The van der Waals surface area contributed by atoms with Crippen molar-refractivity contribution in [2.24, 2.45) is 0 Å². The van der Waals surface area contributed by atoms with Crippen molar-refractivity contribution in [3.05, 3.63) is 40.7 Å². The highest BCUT2D eigenvalue weighted by Crippen LogP contribution is 2.20. The van der Waals surface area contributed by atoms with Gasteiger partial charge in [0, 0.05) is 17.6 Å². The number of nitrogens with one attached hydrogen (secondary N) is 1. The van der Waals surface area contributed by atoms with E-state index < -0.39 is 0 Å². The highest BCUT2D eigenvalue weighted by atomic mass is 32.2. The Morgan fingerprint density at radius 2 is 2.32 bits per heavy atom. The van der Waals surface area contributed by atoms with Gasteiger partial charge in [-0.05, 0) is 30.0 Å². The Hall–Kier alpha value is -1.53. The second-order valence-corrected chi connectivity index (χ2v) is 5.86. The Balaban J connectivity index is 1.69. The van der Waals surface area contributed by atoms with Crippen LogP contribution in [0.1, 0.15) is 4.88 Å². The summed E-state index contributed by atoms with van der Waals surface area (Å²) in [5, 5.41) is 5.63. The number of amides is 1. The van der Waals surface area contributed by atoms with E-state index >= 15 is 0 Å². The van der Waals surface area contributed by atoms with E-state index in [9.17, 15) is 4.79 Å². The zero-order valence-corrected chi connectivity index (χ0v) is 12.0. The first-order valence-corrected chi connectivity index (χ1v) is 7.74. The van der Waals surface area contributed by atoms with Gasteiger partial charge in [-0.1, -0.05) is 17.8 Å². The molecule has 0 atom stereocenters. The number of carbonyl (C=O) groups is 1. The number of nitrogens with zero attached hydrogens (tertiary/aromatic N) is 1. The summed E-state index contributed by atoms with van der Waals surface area (Å²) in [7, 11) is 0. The first kappa shape index (κ1) is 13.9. The number of nitrogens with two attached hydrogens (primary N) is 1. The minimum atomic E-state index is 0.00612. The van der Waals surface area contributed by atoms with Crippen molar-refractivity contribution in [3.8, 4) is 0 Å². The second-order valence-electron chi connectivity index (χ2n) is 3.87. The van der Waals surface area contributed by atoms with Gasteiger partial charge < -0.3 is 11.1 Å². The molecule has 0 unspecified atom stereocenters. The lowest BCUT2D eigenvalue weighted by Crippen LogP contribution is -2.27. The van der Waals surface area contributed by atoms with E-state index in [1.807, 2.05) is 11.4 Å². The lowest BCUT2D eigenvalue weighted by atomic mass is 10.3. The van der Waals surface area contributed by atoms with Crippen LogP contribution in [-0.2, 0) is 11.2 Å². The summed E-state index contributed by atoms with van der Waals surface area (Å²) in [6.45, 7) is 0.664. The van der Waals surface area contributed by atoms with E-state index in [2.05, 4.69) is 16.4 Å². The van der Waals surface area contributed by atoms with E-state index in [-0.39, 0.29) is 5.91 Å². The zero-order valence-electron chi connectivity index (χ0n) is 10.3. The molecule has 1 amide bonds. The summed E-state index contributed by atoms with van der Waals surface area (Å²) < 4.78 is 0. The molecule has 2 heterocycles. The molecule has 100 valence electrons. The lowest BCUT2D eigenvalue weighted by Gasteiger charge is -2.05. The SMILES string of the molecule is Nc1cccnc1SCC(=O)NCCc1cccs1. The fourth-order valence-corrected chi connectivity index (χ4v) is 2.94. The number of anilines is 1. The van der Waals surface area contributed by atoms with Crippen molar-refractivity contribution >= 4 is 34.7 Å². The molecule has 2 rings (SSSR count). The lowest BCUT2D eigenvalue weighted by molar-refractivity contribution is -0.118.